The quantitative estimate of drug-likeness (QED) is 0.669. The smallest absolute Gasteiger partial charge is 0.226 e. The number of benzene rings is 2. The van der Waals surface area contributed by atoms with Crippen molar-refractivity contribution in [3.8, 4) is 0 Å². The number of nitrogens with one attached hydrogen (secondary N) is 1. The minimum atomic E-state index is -0.319. The van der Waals surface area contributed by atoms with Gasteiger partial charge in [-0.2, -0.15) is 0 Å². The first kappa shape index (κ1) is 17.2. The van der Waals surface area contributed by atoms with E-state index in [4.69, 9.17) is 11.6 Å². The molecule has 1 amide bonds. The van der Waals surface area contributed by atoms with Crippen molar-refractivity contribution >= 4 is 23.2 Å². The van der Waals surface area contributed by atoms with Crippen LogP contribution in [0.4, 0.5) is 10.1 Å². The highest BCUT2D eigenvalue weighted by atomic mass is 35.5. The molecule has 0 spiro atoms. The Labute approximate surface area is 151 Å². The molecule has 2 aromatic carbocycles. The van der Waals surface area contributed by atoms with E-state index in [1.807, 2.05) is 48.1 Å². The Morgan fingerprint density at radius 3 is 2.64 bits per heavy atom. The Balaban J connectivity index is 1.83. The first-order valence-electron chi connectivity index (χ1n) is 7.97. The molecule has 1 heterocycles. The normalized spacial score (nSPS) is 12.0. The third kappa shape index (κ3) is 4.28. The Kier molecular flexibility index (Phi) is 5.19. The lowest BCUT2D eigenvalue weighted by molar-refractivity contribution is -0.116. The van der Waals surface area contributed by atoms with Gasteiger partial charge in [-0.3, -0.25) is 4.79 Å². The van der Waals surface area contributed by atoms with Crippen molar-refractivity contribution in [3.05, 3.63) is 89.0 Å². The van der Waals surface area contributed by atoms with Gasteiger partial charge in [-0.15, -0.1) is 0 Å². The number of anilines is 1. The van der Waals surface area contributed by atoms with Crippen LogP contribution in [-0.2, 0) is 4.79 Å². The summed E-state index contributed by atoms with van der Waals surface area (Å²) >= 11 is 6.00. The molecule has 25 heavy (non-hydrogen) atoms. The van der Waals surface area contributed by atoms with Crippen molar-refractivity contribution in [1.29, 1.82) is 0 Å². The van der Waals surface area contributed by atoms with Crippen LogP contribution in [0.2, 0.25) is 5.02 Å². The monoisotopic (exact) mass is 356 g/mol. The predicted octanol–water partition coefficient (Wildman–Crippen LogP) is 5.21. The molecule has 128 valence electrons. The number of aromatic nitrogens is 1. The zero-order valence-corrected chi connectivity index (χ0v) is 14.5. The second-order valence-electron chi connectivity index (χ2n) is 5.91. The van der Waals surface area contributed by atoms with E-state index in [1.165, 1.54) is 12.1 Å². The Hall–Kier alpha value is -2.59. The van der Waals surface area contributed by atoms with E-state index in [0.717, 1.165) is 11.1 Å². The molecule has 1 aromatic heterocycles. The van der Waals surface area contributed by atoms with Crippen LogP contribution < -0.4 is 5.32 Å². The molecule has 0 saturated heterocycles. The van der Waals surface area contributed by atoms with Crippen molar-refractivity contribution in [1.82, 2.24) is 4.57 Å². The van der Waals surface area contributed by atoms with Gasteiger partial charge in [0.25, 0.3) is 0 Å². The van der Waals surface area contributed by atoms with Gasteiger partial charge < -0.3 is 9.88 Å². The Morgan fingerprint density at radius 1 is 1.16 bits per heavy atom. The number of carbonyl (C=O) groups is 1. The van der Waals surface area contributed by atoms with Crippen LogP contribution in [0.15, 0.2) is 67.0 Å². The van der Waals surface area contributed by atoms with Gasteiger partial charge in [0.1, 0.15) is 5.82 Å². The molecule has 0 aliphatic heterocycles. The van der Waals surface area contributed by atoms with Gasteiger partial charge >= 0.3 is 0 Å². The Morgan fingerprint density at radius 2 is 1.92 bits per heavy atom. The summed E-state index contributed by atoms with van der Waals surface area (Å²) in [6.07, 6.45) is 3.92. The first-order valence-corrected chi connectivity index (χ1v) is 8.34. The van der Waals surface area contributed by atoms with E-state index in [9.17, 15) is 9.18 Å². The van der Waals surface area contributed by atoms with Crippen LogP contribution in [0.1, 0.15) is 23.6 Å². The molecular weight excluding hydrogens is 339 g/mol. The minimum absolute atomic E-state index is 0.159. The van der Waals surface area contributed by atoms with Gasteiger partial charge in [0.15, 0.2) is 0 Å². The van der Waals surface area contributed by atoms with Crippen molar-refractivity contribution in [3.63, 3.8) is 0 Å². The maximum Gasteiger partial charge on any atom is 0.226 e. The van der Waals surface area contributed by atoms with Crippen LogP contribution >= 0.6 is 11.6 Å². The number of amides is 1. The van der Waals surface area contributed by atoms with Crippen LogP contribution in [-0.4, -0.2) is 10.5 Å². The summed E-state index contributed by atoms with van der Waals surface area (Å²) in [5.41, 5.74) is 2.36. The highest BCUT2D eigenvalue weighted by Crippen LogP contribution is 2.25. The second kappa shape index (κ2) is 7.53. The van der Waals surface area contributed by atoms with Crippen LogP contribution in [0.3, 0.4) is 0 Å². The maximum absolute atomic E-state index is 13.6. The summed E-state index contributed by atoms with van der Waals surface area (Å²) in [6.45, 7) is 1.90. The average molecular weight is 357 g/mol. The number of aryl methyl sites for hydroxylation is 1. The summed E-state index contributed by atoms with van der Waals surface area (Å²) in [5, 5.41) is 3.46. The van der Waals surface area contributed by atoms with Crippen molar-refractivity contribution in [2.45, 2.75) is 19.4 Å². The SMILES string of the molecule is Cc1ccc(Cl)cc1NC(=O)C[C@H](c1cccc(F)c1)n1cccc1. The van der Waals surface area contributed by atoms with Gasteiger partial charge in [-0.05, 0) is 54.4 Å². The molecule has 5 heteroatoms. The van der Waals surface area contributed by atoms with E-state index in [0.29, 0.717) is 10.7 Å². The molecule has 1 atom stereocenters. The summed E-state index contributed by atoms with van der Waals surface area (Å²) in [7, 11) is 0. The summed E-state index contributed by atoms with van der Waals surface area (Å²) in [5.74, 6) is -0.478. The molecule has 0 unspecified atom stereocenters. The lowest BCUT2D eigenvalue weighted by Gasteiger charge is -2.20. The van der Waals surface area contributed by atoms with Gasteiger partial charge in [0.2, 0.25) is 5.91 Å². The number of nitrogens with zero attached hydrogens (tertiary/aromatic N) is 1. The lowest BCUT2D eigenvalue weighted by atomic mass is 10.0. The zero-order valence-electron chi connectivity index (χ0n) is 13.7. The molecule has 0 fully saturated rings. The Bertz CT molecular complexity index is 877. The minimum Gasteiger partial charge on any atom is -0.346 e. The molecule has 0 radical (unpaired) electrons. The van der Waals surface area contributed by atoms with Gasteiger partial charge in [0.05, 0.1) is 12.5 Å². The topological polar surface area (TPSA) is 34.0 Å². The number of hydrogen-bond donors (Lipinski definition) is 1. The highest BCUT2D eigenvalue weighted by molar-refractivity contribution is 6.31. The van der Waals surface area contributed by atoms with E-state index < -0.39 is 0 Å². The largest absolute Gasteiger partial charge is 0.346 e. The highest BCUT2D eigenvalue weighted by Gasteiger charge is 2.18. The number of hydrogen-bond acceptors (Lipinski definition) is 1. The van der Waals surface area contributed by atoms with Gasteiger partial charge in [0, 0.05) is 23.1 Å². The molecule has 3 rings (SSSR count). The predicted molar refractivity (Wildman–Crippen MR) is 98.4 cm³/mol. The van der Waals surface area contributed by atoms with Gasteiger partial charge in [-0.1, -0.05) is 29.8 Å². The van der Waals surface area contributed by atoms with Crippen molar-refractivity contribution in [2.24, 2.45) is 0 Å². The summed E-state index contributed by atoms with van der Waals surface area (Å²) < 4.78 is 15.5. The van der Waals surface area contributed by atoms with E-state index >= 15 is 0 Å². The second-order valence-corrected chi connectivity index (χ2v) is 6.35. The van der Waals surface area contributed by atoms with Crippen LogP contribution in [0, 0.1) is 12.7 Å². The fraction of sp³-hybridized carbons (Fsp3) is 0.150. The third-order valence-electron chi connectivity index (χ3n) is 4.07. The van der Waals surface area contributed by atoms with E-state index in [2.05, 4.69) is 5.32 Å². The molecule has 0 bridgehead atoms. The van der Waals surface area contributed by atoms with Crippen molar-refractivity contribution < 1.29 is 9.18 Å². The molecule has 1 N–H and O–H groups in total. The zero-order chi connectivity index (χ0) is 17.8. The molecule has 3 aromatic rings. The van der Waals surface area contributed by atoms with Crippen molar-refractivity contribution in [2.75, 3.05) is 5.32 Å². The fourth-order valence-corrected chi connectivity index (χ4v) is 2.94. The molecule has 3 nitrogen and oxygen atoms in total. The van der Waals surface area contributed by atoms with Gasteiger partial charge in [-0.25, -0.2) is 4.39 Å². The first-order chi connectivity index (χ1) is 12.0. The van der Waals surface area contributed by atoms with Crippen LogP contribution in [0.5, 0.6) is 0 Å². The number of rotatable bonds is 5. The van der Waals surface area contributed by atoms with Crippen LogP contribution in [0.25, 0.3) is 0 Å². The number of carbonyl (C=O) groups excluding carboxylic acids is 1. The molecular formula is C20H18ClFN2O. The summed E-state index contributed by atoms with van der Waals surface area (Å²) in [6, 6.07) is 15.2. The summed E-state index contributed by atoms with van der Waals surface area (Å²) in [4.78, 5) is 12.6. The number of halogens is 2. The maximum atomic E-state index is 13.6. The standard InChI is InChI=1S/C20H18ClFN2O/c1-14-7-8-16(21)12-18(14)23-20(25)13-19(24-9-2-3-10-24)15-5-4-6-17(22)11-15/h2-12,19H,13H2,1H3,(H,23,25)/t19-/m1/s1. The van der Waals surface area contributed by atoms with E-state index in [1.54, 1.807) is 18.2 Å². The van der Waals surface area contributed by atoms with E-state index in [-0.39, 0.29) is 24.2 Å². The molecule has 0 saturated carbocycles. The lowest BCUT2D eigenvalue weighted by Crippen LogP contribution is -2.20. The fourth-order valence-electron chi connectivity index (χ4n) is 2.77. The molecule has 0 aliphatic carbocycles. The average Bonchev–Trinajstić information content (AvgIpc) is 3.10. The molecule has 0 aliphatic rings. The third-order valence-corrected chi connectivity index (χ3v) is 4.31.